The largest absolute Gasteiger partial charge is 0.494 e. The SMILES string of the molecule is CCOc1ccc(N=C2NC(=O)/C(=C\c3ccc(OCc4ccc(C)cc4)cc3)S2)cc1. The lowest BCUT2D eigenvalue weighted by molar-refractivity contribution is -0.115. The van der Waals surface area contributed by atoms with E-state index in [-0.39, 0.29) is 5.91 Å². The van der Waals surface area contributed by atoms with Gasteiger partial charge in [-0.3, -0.25) is 4.79 Å². The van der Waals surface area contributed by atoms with Gasteiger partial charge in [0, 0.05) is 0 Å². The van der Waals surface area contributed by atoms with Crippen molar-refractivity contribution in [3.8, 4) is 11.5 Å². The predicted octanol–water partition coefficient (Wildman–Crippen LogP) is 5.86. The Morgan fingerprint density at radius 3 is 2.25 bits per heavy atom. The number of aryl methyl sites for hydroxylation is 1. The molecule has 0 unspecified atom stereocenters. The second kappa shape index (κ2) is 10.2. The lowest BCUT2D eigenvalue weighted by Crippen LogP contribution is -2.19. The van der Waals surface area contributed by atoms with Gasteiger partial charge in [-0.1, -0.05) is 42.0 Å². The summed E-state index contributed by atoms with van der Waals surface area (Å²) in [6, 6.07) is 23.4. The molecule has 5 nitrogen and oxygen atoms in total. The van der Waals surface area contributed by atoms with Gasteiger partial charge >= 0.3 is 0 Å². The summed E-state index contributed by atoms with van der Waals surface area (Å²) in [6.07, 6.45) is 1.85. The molecule has 1 fully saturated rings. The molecule has 1 N–H and O–H groups in total. The van der Waals surface area contributed by atoms with Gasteiger partial charge in [0.25, 0.3) is 5.91 Å². The molecule has 3 aromatic rings. The third kappa shape index (κ3) is 5.80. The average Bonchev–Trinajstić information content (AvgIpc) is 3.14. The summed E-state index contributed by atoms with van der Waals surface area (Å²) in [5.74, 6) is 1.43. The van der Waals surface area contributed by atoms with Crippen LogP contribution in [-0.2, 0) is 11.4 Å². The maximum Gasteiger partial charge on any atom is 0.264 e. The summed E-state index contributed by atoms with van der Waals surface area (Å²) in [5, 5.41) is 3.37. The van der Waals surface area contributed by atoms with Gasteiger partial charge in [-0.15, -0.1) is 0 Å². The summed E-state index contributed by atoms with van der Waals surface area (Å²) < 4.78 is 11.3. The highest BCUT2D eigenvalue weighted by atomic mass is 32.2. The van der Waals surface area contributed by atoms with E-state index in [2.05, 4.69) is 41.5 Å². The first-order chi connectivity index (χ1) is 15.6. The van der Waals surface area contributed by atoms with Crippen molar-refractivity contribution in [1.29, 1.82) is 0 Å². The number of hydrogen-bond acceptors (Lipinski definition) is 5. The van der Waals surface area contributed by atoms with E-state index >= 15 is 0 Å². The maximum absolute atomic E-state index is 12.3. The molecule has 1 heterocycles. The van der Waals surface area contributed by atoms with Crippen LogP contribution in [0.5, 0.6) is 11.5 Å². The van der Waals surface area contributed by atoms with Gasteiger partial charge in [0.1, 0.15) is 18.1 Å². The van der Waals surface area contributed by atoms with Crippen molar-refractivity contribution < 1.29 is 14.3 Å². The lowest BCUT2D eigenvalue weighted by atomic mass is 10.1. The van der Waals surface area contributed by atoms with Crippen LogP contribution in [-0.4, -0.2) is 17.7 Å². The first-order valence-electron chi connectivity index (χ1n) is 10.4. The number of rotatable bonds is 7. The molecular weight excluding hydrogens is 420 g/mol. The summed E-state index contributed by atoms with van der Waals surface area (Å²) in [4.78, 5) is 17.4. The maximum atomic E-state index is 12.3. The van der Waals surface area contributed by atoms with Crippen LogP contribution in [0.4, 0.5) is 5.69 Å². The van der Waals surface area contributed by atoms with Crippen LogP contribution in [0.25, 0.3) is 6.08 Å². The Balaban J connectivity index is 1.37. The van der Waals surface area contributed by atoms with E-state index in [1.165, 1.54) is 17.3 Å². The first kappa shape index (κ1) is 21.7. The Morgan fingerprint density at radius 1 is 0.906 bits per heavy atom. The highest BCUT2D eigenvalue weighted by Crippen LogP contribution is 2.29. The number of amidine groups is 1. The molecule has 0 aliphatic carbocycles. The molecule has 3 aromatic carbocycles. The highest BCUT2D eigenvalue weighted by molar-refractivity contribution is 8.18. The molecule has 0 spiro atoms. The fourth-order valence-electron chi connectivity index (χ4n) is 3.04. The molecule has 1 saturated heterocycles. The molecule has 0 radical (unpaired) electrons. The normalized spacial score (nSPS) is 15.8. The van der Waals surface area contributed by atoms with Crippen molar-refractivity contribution in [2.24, 2.45) is 4.99 Å². The van der Waals surface area contributed by atoms with Gasteiger partial charge in [0.05, 0.1) is 17.2 Å². The van der Waals surface area contributed by atoms with Crippen molar-refractivity contribution in [2.75, 3.05) is 6.61 Å². The quantitative estimate of drug-likeness (QED) is 0.464. The lowest BCUT2D eigenvalue weighted by Gasteiger charge is -2.07. The molecule has 32 heavy (non-hydrogen) atoms. The number of thioether (sulfide) groups is 1. The molecule has 1 aliphatic rings. The van der Waals surface area contributed by atoms with Crippen molar-refractivity contribution in [3.63, 3.8) is 0 Å². The highest BCUT2D eigenvalue weighted by Gasteiger charge is 2.23. The van der Waals surface area contributed by atoms with Crippen molar-refractivity contribution in [1.82, 2.24) is 5.32 Å². The smallest absolute Gasteiger partial charge is 0.264 e. The zero-order valence-electron chi connectivity index (χ0n) is 18.0. The predicted molar refractivity (Wildman–Crippen MR) is 130 cm³/mol. The standard InChI is InChI=1S/C26H24N2O3S/c1-3-30-22-14-10-21(11-15-22)27-26-28-25(29)24(32-26)16-19-8-12-23(13-9-19)31-17-20-6-4-18(2)5-7-20/h4-16H,3,17H2,1-2H3,(H,27,28,29)/b24-16+. The number of aliphatic imine (C=N–C) groups is 1. The van der Waals surface area contributed by atoms with Crippen LogP contribution in [0.1, 0.15) is 23.6 Å². The minimum Gasteiger partial charge on any atom is -0.494 e. The van der Waals surface area contributed by atoms with Crippen LogP contribution in [0.15, 0.2) is 82.7 Å². The fraction of sp³-hybridized carbons (Fsp3) is 0.154. The molecule has 0 atom stereocenters. The molecule has 0 aromatic heterocycles. The Labute approximate surface area is 192 Å². The zero-order valence-corrected chi connectivity index (χ0v) is 18.8. The van der Waals surface area contributed by atoms with E-state index in [9.17, 15) is 4.79 Å². The van der Waals surface area contributed by atoms with E-state index in [1.54, 1.807) is 0 Å². The Kier molecular flexibility index (Phi) is 6.92. The van der Waals surface area contributed by atoms with Gasteiger partial charge in [-0.25, -0.2) is 4.99 Å². The topological polar surface area (TPSA) is 59.9 Å². The number of nitrogens with one attached hydrogen (secondary N) is 1. The monoisotopic (exact) mass is 444 g/mol. The van der Waals surface area contributed by atoms with Gasteiger partial charge in [0.2, 0.25) is 0 Å². The minimum absolute atomic E-state index is 0.153. The van der Waals surface area contributed by atoms with E-state index < -0.39 is 0 Å². The molecule has 6 heteroatoms. The van der Waals surface area contributed by atoms with E-state index in [1.807, 2.05) is 61.5 Å². The second-order valence-electron chi connectivity index (χ2n) is 7.25. The summed E-state index contributed by atoms with van der Waals surface area (Å²) in [7, 11) is 0. The van der Waals surface area contributed by atoms with Crippen molar-refractivity contribution in [2.45, 2.75) is 20.5 Å². The van der Waals surface area contributed by atoms with Crippen molar-refractivity contribution >= 4 is 34.6 Å². The summed E-state index contributed by atoms with van der Waals surface area (Å²) >= 11 is 1.32. The summed E-state index contributed by atoms with van der Waals surface area (Å²) in [5.41, 5.74) is 4.04. The number of hydrogen-bond donors (Lipinski definition) is 1. The van der Waals surface area contributed by atoms with Crippen LogP contribution in [0.3, 0.4) is 0 Å². The third-order valence-electron chi connectivity index (χ3n) is 4.73. The second-order valence-corrected chi connectivity index (χ2v) is 8.28. The van der Waals surface area contributed by atoms with E-state index in [0.717, 1.165) is 28.3 Å². The Morgan fingerprint density at radius 2 is 1.56 bits per heavy atom. The number of nitrogens with zero attached hydrogens (tertiary/aromatic N) is 1. The number of ether oxygens (including phenoxy) is 2. The Hall–Kier alpha value is -3.51. The van der Waals surface area contributed by atoms with Gasteiger partial charge < -0.3 is 14.8 Å². The first-order valence-corrected chi connectivity index (χ1v) is 11.2. The minimum atomic E-state index is -0.153. The Bertz CT molecular complexity index is 1140. The number of benzene rings is 3. The van der Waals surface area contributed by atoms with Gasteiger partial charge in [0.15, 0.2) is 5.17 Å². The van der Waals surface area contributed by atoms with Crippen LogP contribution in [0, 0.1) is 6.92 Å². The molecule has 0 saturated carbocycles. The average molecular weight is 445 g/mol. The zero-order chi connectivity index (χ0) is 22.3. The van der Waals surface area contributed by atoms with Gasteiger partial charge in [-0.05, 0) is 79.2 Å². The van der Waals surface area contributed by atoms with E-state index in [4.69, 9.17) is 9.47 Å². The molecule has 1 aliphatic heterocycles. The third-order valence-corrected chi connectivity index (χ3v) is 5.64. The summed E-state index contributed by atoms with van der Waals surface area (Å²) in [6.45, 7) is 5.15. The van der Waals surface area contributed by atoms with Crippen LogP contribution < -0.4 is 14.8 Å². The molecule has 4 rings (SSSR count). The fourth-order valence-corrected chi connectivity index (χ4v) is 3.89. The number of carbonyl (C=O) groups is 1. The van der Waals surface area contributed by atoms with E-state index in [0.29, 0.717) is 23.3 Å². The number of carbonyl (C=O) groups excluding carboxylic acids is 1. The van der Waals surface area contributed by atoms with Crippen LogP contribution >= 0.6 is 11.8 Å². The van der Waals surface area contributed by atoms with Crippen LogP contribution in [0.2, 0.25) is 0 Å². The molecule has 162 valence electrons. The molecule has 1 amide bonds. The van der Waals surface area contributed by atoms with Gasteiger partial charge in [-0.2, -0.15) is 0 Å². The molecule has 0 bridgehead atoms. The van der Waals surface area contributed by atoms with Crippen molar-refractivity contribution in [3.05, 3.63) is 94.4 Å². The number of amides is 1. The molecular formula is C26H24N2O3S.